The molecule has 0 aliphatic carbocycles. The van der Waals surface area contributed by atoms with Crippen molar-refractivity contribution in [2.75, 3.05) is 6.61 Å². The Morgan fingerprint density at radius 3 is 1.59 bits per heavy atom. The molecular weight excluding hydrogens is 517 g/mol. The van der Waals surface area contributed by atoms with Crippen molar-refractivity contribution in [1.29, 1.82) is 0 Å². The Balaban J connectivity index is 2.23. The van der Waals surface area contributed by atoms with E-state index in [-0.39, 0.29) is 13.0 Å². The number of carbonyl (C=O) groups excluding carboxylic acids is 2. The number of esters is 1. The average molecular weight is 564 g/mol. The first kappa shape index (κ1) is 34.8. The van der Waals surface area contributed by atoms with Crippen molar-refractivity contribution >= 4 is 11.9 Å². The summed E-state index contributed by atoms with van der Waals surface area (Å²) < 4.78 is 69.6. The fourth-order valence-electron chi connectivity index (χ4n) is 4.34. The number of ether oxygens (including phenoxy) is 1. The first-order valence-corrected chi connectivity index (χ1v) is 14.6. The monoisotopic (exact) mass is 563 g/mol. The highest BCUT2D eigenvalue weighted by Crippen LogP contribution is 2.35. The molecule has 224 valence electrons. The normalized spacial score (nSPS) is 12.8. The minimum Gasteiger partial charge on any atom is -0.464 e. The van der Waals surface area contributed by atoms with Crippen molar-refractivity contribution in [3.63, 3.8) is 0 Å². The molecule has 1 unspecified atom stereocenters. The van der Waals surface area contributed by atoms with Crippen LogP contribution in [0.1, 0.15) is 115 Å². The molecule has 1 N–H and O–H groups in total. The van der Waals surface area contributed by atoms with Crippen LogP contribution in [0, 0.1) is 0 Å². The number of carbonyl (C=O) groups is 2. The van der Waals surface area contributed by atoms with Gasteiger partial charge in [-0.1, -0.05) is 134 Å². The van der Waals surface area contributed by atoms with Crippen molar-refractivity contribution in [2.45, 2.75) is 134 Å². The Morgan fingerprint density at radius 2 is 1.15 bits per heavy atom. The van der Waals surface area contributed by atoms with Crippen LogP contribution in [0.4, 0.5) is 22.0 Å². The van der Waals surface area contributed by atoms with Crippen molar-refractivity contribution in [3.05, 3.63) is 35.9 Å². The van der Waals surface area contributed by atoms with Crippen LogP contribution < -0.4 is 5.32 Å². The Morgan fingerprint density at radius 1 is 0.718 bits per heavy atom. The summed E-state index contributed by atoms with van der Waals surface area (Å²) in [4.78, 5) is 24.1. The van der Waals surface area contributed by atoms with Crippen molar-refractivity contribution in [2.24, 2.45) is 0 Å². The number of halogens is 5. The van der Waals surface area contributed by atoms with E-state index in [2.05, 4.69) is 6.92 Å². The van der Waals surface area contributed by atoms with Crippen LogP contribution in [-0.4, -0.2) is 36.6 Å². The molecule has 0 bridgehead atoms. The molecule has 0 aliphatic heterocycles. The van der Waals surface area contributed by atoms with Crippen LogP contribution in [0.15, 0.2) is 30.3 Å². The van der Waals surface area contributed by atoms with Crippen LogP contribution in [0.25, 0.3) is 0 Å². The third-order valence-electron chi connectivity index (χ3n) is 6.76. The van der Waals surface area contributed by atoms with E-state index in [0.717, 1.165) is 25.7 Å². The standard InChI is InChI=1S/C30H46F5NO3/c1-2-3-4-5-6-7-8-9-10-11-12-13-14-15-16-20-23-39-27(37)26(24-25-21-18-17-19-22-25)36-28(38)29(31,32)30(33,34)35/h17-19,21-22,26H,2-16,20,23-24H2,1H3,(H,36,38). The second-order valence-electron chi connectivity index (χ2n) is 10.3. The molecule has 0 saturated carbocycles. The molecule has 4 nitrogen and oxygen atoms in total. The zero-order valence-electron chi connectivity index (χ0n) is 23.3. The number of alkyl halides is 5. The van der Waals surface area contributed by atoms with Crippen LogP contribution in [0.2, 0.25) is 0 Å². The van der Waals surface area contributed by atoms with Crippen molar-refractivity contribution < 1.29 is 36.3 Å². The SMILES string of the molecule is CCCCCCCCCCCCCCCCCCOC(=O)C(Cc1ccccc1)NC(=O)C(F)(F)C(F)(F)F. The van der Waals surface area contributed by atoms with E-state index >= 15 is 0 Å². The molecule has 0 heterocycles. The van der Waals surface area contributed by atoms with Gasteiger partial charge in [-0.3, -0.25) is 4.79 Å². The zero-order valence-corrected chi connectivity index (χ0v) is 23.3. The van der Waals surface area contributed by atoms with E-state index in [1.54, 1.807) is 30.3 Å². The summed E-state index contributed by atoms with van der Waals surface area (Å²) in [7, 11) is 0. The smallest absolute Gasteiger partial charge is 0.463 e. The highest BCUT2D eigenvalue weighted by atomic mass is 19.4. The van der Waals surface area contributed by atoms with E-state index in [4.69, 9.17) is 4.74 Å². The maximum Gasteiger partial charge on any atom is 0.463 e. The number of benzene rings is 1. The summed E-state index contributed by atoms with van der Waals surface area (Å²) in [6.45, 7) is 2.24. The van der Waals surface area contributed by atoms with E-state index < -0.39 is 30.0 Å². The van der Waals surface area contributed by atoms with Gasteiger partial charge in [-0.05, 0) is 12.0 Å². The molecule has 0 fully saturated rings. The molecular formula is C30H46F5NO3. The molecule has 0 aromatic heterocycles. The molecule has 1 aromatic rings. The molecule has 0 saturated heterocycles. The fourth-order valence-corrected chi connectivity index (χ4v) is 4.34. The van der Waals surface area contributed by atoms with Gasteiger partial charge in [-0.15, -0.1) is 0 Å². The first-order valence-electron chi connectivity index (χ1n) is 14.6. The van der Waals surface area contributed by atoms with Gasteiger partial charge in [0.05, 0.1) is 6.61 Å². The Bertz CT molecular complexity index is 787. The summed E-state index contributed by atoms with van der Waals surface area (Å²) >= 11 is 0. The summed E-state index contributed by atoms with van der Waals surface area (Å²) in [5.74, 6) is -9.22. The van der Waals surface area contributed by atoms with E-state index in [1.807, 2.05) is 0 Å². The second kappa shape index (κ2) is 19.8. The van der Waals surface area contributed by atoms with Gasteiger partial charge in [0.1, 0.15) is 6.04 Å². The van der Waals surface area contributed by atoms with Gasteiger partial charge in [-0.25, -0.2) is 4.79 Å². The lowest BCUT2D eigenvalue weighted by Crippen LogP contribution is -2.55. The van der Waals surface area contributed by atoms with Gasteiger partial charge >= 0.3 is 24.0 Å². The number of rotatable bonds is 22. The van der Waals surface area contributed by atoms with E-state index in [9.17, 15) is 31.5 Å². The number of unbranched alkanes of at least 4 members (excludes halogenated alkanes) is 15. The molecule has 1 atom stereocenters. The predicted octanol–water partition coefficient (Wildman–Crippen LogP) is 8.72. The number of hydrogen-bond acceptors (Lipinski definition) is 3. The summed E-state index contributed by atoms with van der Waals surface area (Å²) in [6, 6.07) is 6.42. The Kier molecular flexibility index (Phi) is 17.7. The average Bonchev–Trinajstić information content (AvgIpc) is 2.89. The lowest BCUT2D eigenvalue weighted by molar-refractivity contribution is -0.270. The minimum atomic E-state index is -6.06. The molecule has 39 heavy (non-hydrogen) atoms. The highest BCUT2D eigenvalue weighted by Gasteiger charge is 2.63. The third-order valence-corrected chi connectivity index (χ3v) is 6.76. The van der Waals surface area contributed by atoms with Gasteiger partial charge < -0.3 is 10.1 Å². The summed E-state index contributed by atoms with van der Waals surface area (Å²) in [5.41, 5.74) is 0.484. The second-order valence-corrected chi connectivity index (χ2v) is 10.3. The molecule has 0 aliphatic rings. The maximum atomic E-state index is 13.4. The third kappa shape index (κ3) is 15.2. The van der Waals surface area contributed by atoms with Gasteiger partial charge in [0.2, 0.25) is 0 Å². The van der Waals surface area contributed by atoms with Gasteiger partial charge in [0.25, 0.3) is 0 Å². The number of hydrogen-bond donors (Lipinski definition) is 1. The number of amides is 1. The molecule has 0 spiro atoms. The van der Waals surface area contributed by atoms with Crippen molar-refractivity contribution in [1.82, 2.24) is 5.32 Å². The topological polar surface area (TPSA) is 55.4 Å². The van der Waals surface area contributed by atoms with Crippen molar-refractivity contribution in [3.8, 4) is 0 Å². The first-order chi connectivity index (χ1) is 18.6. The summed E-state index contributed by atoms with van der Waals surface area (Å²) in [6.07, 6.45) is 12.6. The number of nitrogens with one attached hydrogen (secondary N) is 1. The predicted molar refractivity (Wildman–Crippen MR) is 144 cm³/mol. The zero-order chi connectivity index (χ0) is 29.0. The molecule has 1 amide bonds. The molecule has 9 heteroatoms. The maximum absolute atomic E-state index is 13.4. The van der Waals surface area contributed by atoms with E-state index in [1.165, 1.54) is 75.9 Å². The van der Waals surface area contributed by atoms with Gasteiger partial charge in [0.15, 0.2) is 0 Å². The Labute approximate surface area is 230 Å². The highest BCUT2D eigenvalue weighted by molar-refractivity contribution is 5.89. The lowest BCUT2D eigenvalue weighted by atomic mass is 10.0. The van der Waals surface area contributed by atoms with Gasteiger partial charge in [0, 0.05) is 6.42 Å². The Hall–Kier alpha value is -2.19. The molecule has 1 aromatic carbocycles. The van der Waals surface area contributed by atoms with Crippen LogP contribution in [0.5, 0.6) is 0 Å². The van der Waals surface area contributed by atoms with Crippen LogP contribution in [0.3, 0.4) is 0 Å². The van der Waals surface area contributed by atoms with E-state index in [0.29, 0.717) is 12.0 Å². The fraction of sp³-hybridized carbons (Fsp3) is 0.733. The quantitative estimate of drug-likeness (QED) is 0.0872. The van der Waals surface area contributed by atoms with Crippen LogP contribution in [-0.2, 0) is 20.7 Å². The molecule has 1 rings (SSSR count). The lowest BCUT2D eigenvalue weighted by Gasteiger charge is -2.23. The molecule has 0 radical (unpaired) electrons. The van der Waals surface area contributed by atoms with Gasteiger partial charge in [-0.2, -0.15) is 22.0 Å². The minimum absolute atomic E-state index is 0.00804. The van der Waals surface area contributed by atoms with Crippen LogP contribution >= 0.6 is 0 Å². The largest absolute Gasteiger partial charge is 0.464 e. The summed E-state index contributed by atoms with van der Waals surface area (Å²) in [5, 5.41) is 1.54.